The molecule has 1 aliphatic heterocycles. The third-order valence-corrected chi connectivity index (χ3v) is 4.99. The van der Waals surface area contributed by atoms with Gasteiger partial charge in [-0.1, -0.05) is 0 Å². The summed E-state index contributed by atoms with van der Waals surface area (Å²) >= 11 is 0. The molecule has 30 heavy (non-hydrogen) atoms. The lowest BCUT2D eigenvalue weighted by Crippen LogP contribution is -2.34. The van der Waals surface area contributed by atoms with Crippen molar-refractivity contribution in [2.24, 2.45) is 9.98 Å². The van der Waals surface area contributed by atoms with E-state index >= 15 is 0 Å². The minimum Gasteiger partial charge on any atom is -0.357 e. The van der Waals surface area contributed by atoms with E-state index in [2.05, 4.69) is 20.4 Å². The van der Waals surface area contributed by atoms with Crippen molar-refractivity contribution in [3.63, 3.8) is 0 Å². The Morgan fingerprint density at radius 3 is 3.00 bits per heavy atom. The number of amides is 1. The zero-order valence-corrected chi connectivity index (χ0v) is 16.5. The standard InChI is InChI=1S/C21H21FN6O2/c1-23-21(30)17-13-16(6-8-25-17)24-9-11-28-20(29)5-4-19(26-28)27-10-7-14-2-3-15(22)12-18(14)27/h2-5,7-8,10,12,17H,6,9,11,13H2,1H3,(H,23,30). The van der Waals surface area contributed by atoms with E-state index in [-0.39, 0.29) is 17.3 Å². The number of fused-ring (bicyclic) bond motifs is 1. The molecular formula is C21H21FN6O2. The van der Waals surface area contributed by atoms with Crippen LogP contribution in [0.5, 0.6) is 0 Å². The van der Waals surface area contributed by atoms with Crippen molar-refractivity contribution in [2.45, 2.75) is 25.4 Å². The van der Waals surface area contributed by atoms with Crippen LogP contribution in [0.2, 0.25) is 0 Å². The number of benzene rings is 1. The van der Waals surface area contributed by atoms with Gasteiger partial charge in [-0.05, 0) is 30.3 Å². The Morgan fingerprint density at radius 1 is 1.30 bits per heavy atom. The molecule has 3 heterocycles. The predicted molar refractivity (Wildman–Crippen MR) is 113 cm³/mol. The number of carbonyl (C=O) groups excluding carboxylic acids is 1. The topological polar surface area (TPSA) is 93.6 Å². The van der Waals surface area contributed by atoms with Gasteiger partial charge in [-0.3, -0.25) is 24.1 Å². The molecule has 1 N–H and O–H groups in total. The molecule has 3 aromatic rings. The number of halogens is 1. The fraction of sp³-hybridized carbons (Fsp3) is 0.286. The minimum absolute atomic E-state index is 0.139. The van der Waals surface area contributed by atoms with Gasteiger partial charge in [0.15, 0.2) is 5.82 Å². The average molecular weight is 408 g/mol. The van der Waals surface area contributed by atoms with Crippen molar-refractivity contribution in [3.05, 3.63) is 58.8 Å². The van der Waals surface area contributed by atoms with Crippen molar-refractivity contribution in [1.29, 1.82) is 0 Å². The second-order valence-corrected chi connectivity index (χ2v) is 6.96. The lowest BCUT2D eigenvalue weighted by Gasteiger charge is -2.16. The number of rotatable bonds is 5. The van der Waals surface area contributed by atoms with E-state index in [1.165, 1.54) is 22.9 Å². The van der Waals surface area contributed by atoms with Gasteiger partial charge in [0, 0.05) is 49.5 Å². The molecule has 1 aliphatic rings. The molecule has 0 bridgehead atoms. The van der Waals surface area contributed by atoms with Crippen molar-refractivity contribution in [3.8, 4) is 5.82 Å². The van der Waals surface area contributed by atoms with E-state index in [0.29, 0.717) is 37.3 Å². The van der Waals surface area contributed by atoms with E-state index in [0.717, 1.165) is 11.1 Å². The molecule has 1 atom stereocenters. The largest absolute Gasteiger partial charge is 0.357 e. The summed E-state index contributed by atoms with van der Waals surface area (Å²) in [6.07, 6.45) is 4.56. The quantitative estimate of drug-likeness (QED) is 0.697. The van der Waals surface area contributed by atoms with Gasteiger partial charge >= 0.3 is 0 Å². The fourth-order valence-corrected chi connectivity index (χ4v) is 3.43. The summed E-state index contributed by atoms with van der Waals surface area (Å²) in [5, 5.41) is 7.89. The maximum atomic E-state index is 13.7. The van der Waals surface area contributed by atoms with Crippen LogP contribution in [0.1, 0.15) is 12.8 Å². The summed E-state index contributed by atoms with van der Waals surface area (Å²) in [6.45, 7) is 0.659. The molecule has 0 saturated heterocycles. The molecule has 0 spiro atoms. The van der Waals surface area contributed by atoms with Gasteiger partial charge in [0.1, 0.15) is 11.9 Å². The summed E-state index contributed by atoms with van der Waals surface area (Å²) < 4.78 is 16.7. The van der Waals surface area contributed by atoms with E-state index in [1.807, 2.05) is 6.07 Å². The zero-order valence-electron chi connectivity index (χ0n) is 16.5. The summed E-state index contributed by atoms with van der Waals surface area (Å²) in [5.41, 5.74) is 1.30. The summed E-state index contributed by atoms with van der Waals surface area (Å²) in [5.74, 6) is 0.0460. The van der Waals surface area contributed by atoms with Crippen LogP contribution >= 0.6 is 0 Å². The second-order valence-electron chi connectivity index (χ2n) is 6.96. The van der Waals surface area contributed by atoms with Crippen LogP contribution in [-0.2, 0) is 11.3 Å². The number of aromatic nitrogens is 3. The van der Waals surface area contributed by atoms with Crippen molar-refractivity contribution < 1.29 is 9.18 Å². The molecule has 0 aliphatic carbocycles. The number of nitrogens with one attached hydrogen (secondary N) is 1. The smallest absolute Gasteiger partial charge is 0.266 e. The number of carbonyl (C=O) groups is 1. The Hall–Kier alpha value is -3.62. The molecule has 154 valence electrons. The number of likely N-dealkylation sites (N-methyl/N-ethyl adjacent to an activating group) is 1. The van der Waals surface area contributed by atoms with E-state index in [4.69, 9.17) is 0 Å². The fourth-order valence-electron chi connectivity index (χ4n) is 3.43. The summed E-state index contributed by atoms with van der Waals surface area (Å²) in [6, 6.07) is 9.01. The van der Waals surface area contributed by atoms with Crippen molar-refractivity contribution >= 4 is 28.7 Å². The minimum atomic E-state index is -0.450. The molecule has 4 rings (SSSR count). The van der Waals surface area contributed by atoms with Crippen molar-refractivity contribution in [2.75, 3.05) is 13.6 Å². The Bertz CT molecular complexity index is 1210. The van der Waals surface area contributed by atoms with Crippen molar-refractivity contribution in [1.82, 2.24) is 19.7 Å². The number of aliphatic imine (C=N–C) groups is 2. The van der Waals surface area contributed by atoms with Crippen LogP contribution in [0.4, 0.5) is 4.39 Å². The second kappa shape index (κ2) is 8.40. The molecule has 1 aromatic carbocycles. The van der Waals surface area contributed by atoms with Gasteiger partial charge in [0.2, 0.25) is 5.91 Å². The van der Waals surface area contributed by atoms with Gasteiger partial charge in [0.05, 0.1) is 18.6 Å². The van der Waals surface area contributed by atoms with E-state index < -0.39 is 6.04 Å². The molecule has 8 nitrogen and oxygen atoms in total. The van der Waals surface area contributed by atoms with Gasteiger partial charge in [0.25, 0.3) is 5.56 Å². The predicted octanol–water partition coefficient (Wildman–Crippen LogP) is 1.75. The van der Waals surface area contributed by atoms with Crippen LogP contribution in [-0.4, -0.2) is 51.8 Å². The van der Waals surface area contributed by atoms with Crippen LogP contribution in [0, 0.1) is 5.82 Å². The first-order chi connectivity index (χ1) is 14.5. The van der Waals surface area contributed by atoms with Gasteiger partial charge in [-0.2, -0.15) is 5.10 Å². The molecule has 2 aromatic heterocycles. The first-order valence-corrected chi connectivity index (χ1v) is 9.66. The lowest BCUT2D eigenvalue weighted by molar-refractivity contribution is -0.121. The van der Waals surface area contributed by atoms with Gasteiger partial charge < -0.3 is 5.32 Å². The highest BCUT2D eigenvalue weighted by atomic mass is 19.1. The molecule has 1 amide bonds. The average Bonchev–Trinajstić information content (AvgIpc) is 3.17. The van der Waals surface area contributed by atoms with Crippen LogP contribution in [0.25, 0.3) is 16.7 Å². The highest BCUT2D eigenvalue weighted by molar-refractivity contribution is 6.01. The summed E-state index contributed by atoms with van der Waals surface area (Å²) in [7, 11) is 1.58. The third-order valence-electron chi connectivity index (χ3n) is 4.99. The highest BCUT2D eigenvalue weighted by Crippen LogP contribution is 2.20. The third kappa shape index (κ3) is 4.05. The first-order valence-electron chi connectivity index (χ1n) is 9.66. The number of hydrogen-bond acceptors (Lipinski definition) is 5. The van der Waals surface area contributed by atoms with Gasteiger partial charge in [-0.25, -0.2) is 9.07 Å². The lowest BCUT2D eigenvalue weighted by atomic mass is 10.0. The number of nitrogens with zero attached hydrogens (tertiary/aromatic N) is 5. The molecule has 0 fully saturated rings. The molecule has 1 unspecified atom stereocenters. The van der Waals surface area contributed by atoms with Gasteiger partial charge in [-0.15, -0.1) is 0 Å². The first kappa shape index (κ1) is 19.7. The normalized spacial score (nSPS) is 17.5. The maximum absolute atomic E-state index is 13.7. The Balaban J connectivity index is 1.52. The Morgan fingerprint density at radius 2 is 2.17 bits per heavy atom. The zero-order chi connectivity index (χ0) is 21.1. The number of hydrogen-bond donors (Lipinski definition) is 1. The highest BCUT2D eigenvalue weighted by Gasteiger charge is 2.20. The maximum Gasteiger partial charge on any atom is 0.266 e. The van der Waals surface area contributed by atoms with Crippen LogP contribution < -0.4 is 10.9 Å². The molecule has 9 heteroatoms. The Labute approximate surface area is 171 Å². The molecule has 0 radical (unpaired) electrons. The van der Waals surface area contributed by atoms with Crippen LogP contribution in [0.15, 0.2) is 57.4 Å². The van der Waals surface area contributed by atoms with Crippen LogP contribution in [0.3, 0.4) is 0 Å². The SMILES string of the molecule is CNC(=O)C1CC(=NCCn2nc(-n3ccc4ccc(F)cc43)ccc2=O)CC=N1. The molecular weight excluding hydrogens is 387 g/mol. The van der Waals surface area contributed by atoms with E-state index in [9.17, 15) is 14.0 Å². The Kier molecular flexibility index (Phi) is 5.51. The summed E-state index contributed by atoms with van der Waals surface area (Å²) in [4.78, 5) is 32.7. The molecule has 0 saturated carbocycles. The monoisotopic (exact) mass is 408 g/mol. The van der Waals surface area contributed by atoms with E-state index in [1.54, 1.807) is 36.2 Å².